The van der Waals surface area contributed by atoms with Crippen LogP contribution in [-0.2, 0) is 6.54 Å². The quantitative estimate of drug-likeness (QED) is 0.863. The summed E-state index contributed by atoms with van der Waals surface area (Å²) in [7, 11) is 0. The molecule has 1 aliphatic rings. The first-order valence-corrected chi connectivity index (χ1v) is 7.47. The second-order valence-corrected chi connectivity index (χ2v) is 5.53. The highest BCUT2D eigenvalue weighted by Crippen LogP contribution is 2.09. The molecule has 104 valence electrons. The van der Waals surface area contributed by atoms with E-state index in [4.69, 9.17) is 23.8 Å². The van der Waals surface area contributed by atoms with Gasteiger partial charge in [0.2, 0.25) is 0 Å². The van der Waals surface area contributed by atoms with Crippen LogP contribution in [0.1, 0.15) is 12.5 Å². The lowest BCUT2D eigenvalue weighted by Gasteiger charge is -2.35. The average molecular weight is 298 g/mol. The van der Waals surface area contributed by atoms with Gasteiger partial charge in [-0.3, -0.25) is 0 Å². The highest BCUT2D eigenvalue weighted by atomic mass is 35.5. The lowest BCUT2D eigenvalue weighted by Crippen LogP contribution is -2.51. The van der Waals surface area contributed by atoms with E-state index >= 15 is 0 Å². The molecular weight excluding hydrogens is 278 g/mol. The largest absolute Gasteiger partial charge is 0.358 e. The minimum atomic E-state index is 0.754. The topological polar surface area (TPSA) is 18.5 Å². The van der Waals surface area contributed by atoms with Gasteiger partial charge >= 0.3 is 0 Å². The molecule has 1 saturated heterocycles. The van der Waals surface area contributed by atoms with Crippen molar-refractivity contribution in [3.8, 4) is 0 Å². The number of piperazine rings is 1. The van der Waals surface area contributed by atoms with Gasteiger partial charge in [0.05, 0.1) is 0 Å². The molecule has 5 heteroatoms. The first kappa shape index (κ1) is 14.6. The molecule has 0 spiro atoms. The molecule has 1 fully saturated rings. The lowest BCUT2D eigenvalue weighted by atomic mass is 10.2. The van der Waals surface area contributed by atoms with Gasteiger partial charge in [0.25, 0.3) is 0 Å². The van der Waals surface area contributed by atoms with Gasteiger partial charge in [-0.1, -0.05) is 30.7 Å². The zero-order valence-electron chi connectivity index (χ0n) is 11.2. The van der Waals surface area contributed by atoms with E-state index in [9.17, 15) is 0 Å². The Morgan fingerprint density at radius 3 is 2.42 bits per heavy atom. The van der Waals surface area contributed by atoms with Crippen molar-refractivity contribution < 1.29 is 0 Å². The summed E-state index contributed by atoms with van der Waals surface area (Å²) in [5.41, 5.74) is 1.19. The van der Waals surface area contributed by atoms with Crippen molar-refractivity contribution in [1.29, 1.82) is 0 Å². The van der Waals surface area contributed by atoms with E-state index in [1.165, 1.54) is 5.56 Å². The molecule has 0 aliphatic carbocycles. The number of rotatable bonds is 3. The molecule has 1 aromatic rings. The summed E-state index contributed by atoms with van der Waals surface area (Å²) in [5, 5.41) is 4.93. The van der Waals surface area contributed by atoms with Crippen LogP contribution >= 0.6 is 23.8 Å². The molecule has 19 heavy (non-hydrogen) atoms. The van der Waals surface area contributed by atoms with Crippen molar-refractivity contribution in [2.45, 2.75) is 13.5 Å². The number of halogens is 1. The van der Waals surface area contributed by atoms with E-state index in [0.717, 1.165) is 49.4 Å². The maximum Gasteiger partial charge on any atom is 0.169 e. The predicted octanol–water partition coefficient (Wildman–Crippen LogP) is 2.35. The van der Waals surface area contributed by atoms with Crippen molar-refractivity contribution in [2.24, 2.45) is 0 Å². The van der Waals surface area contributed by atoms with Crippen molar-refractivity contribution in [2.75, 3.05) is 32.7 Å². The van der Waals surface area contributed by atoms with E-state index in [-0.39, 0.29) is 0 Å². The molecule has 0 radical (unpaired) electrons. The summed E-state index contributed by atoms with van der Waals surface area (Å²) in [6.45, 7) is 8.30. The zero-order valence-corrected chi connectivity index (χ0v) is 12.8. The van der Waals surface area contributed by atoms with Gasteiger partial charge in [-0.25, -0.2) is 0 Å². The van der Waals surface area contributed by atoms with E-state index in [2.05, 4.69) is 22.0 Å². The van der Waals surface area contributed by atoms with E-state index in [1.807, 2.05) is 24.3 Å². The minimum absolute atomic E-state index is 0.754. The molecular formula is C14H20ClN3S. The highest BCUT2D eigenvalue weighted by Gasteiger charge is 2.17. The fourth-order valence-electron chi connectivity index (χ4n) is 2.16. The second-order valence-electron chi connectivity index (χ2n) is 4.71. The van der Waals surface area contributed by atoms with Gasteiger partial charge in [0.1, 0.15) is 0 Å². The third-order valence-electron chi connectivity index (χ3n) is 3.46. The molecule has 0 bridgehead atoms. The fourth-order valence-corrected chi connectivity index (χ4v) is 2.54. The average Bonchev–Trinajstić information content (AvgIpc) is 2.46. The van der Waals surface area contributed by atoms with Gasteiger partial charge in [-0.05, 0) is 36.5 Å². The van der Waals surface area contributed by atoms with Crippen LogP contribution in [0, 0.1) is 0 Å². The molecule has 2 rings (SSSR count). The molecule has 0 saturated carbocycles. The standard InChI is InChI=1S/C14H20ClN3S/c1-2-17-7-9-18(10-8-17)14(19)16-11-12-3-5-13(15)6-4-12/h3-6H,2,7-11H2,1H3,(H,16,19). The molecule has 0 aromatic heterocycles. The summed E-state index contributed by atoms with van der Waals surface area (Å²) in [6, 6.07) is 7.85. The Labute approximate surface area is 125 Å². The fraction of sp³-hybridized carbons (Fsp3) is 0.500. The summed E-state index contributed by atoms with van der Waals surface area (Å²) >= 11 is 11.3. The predicted molar refractivity (Wildman–Crippen MR) is 84.6 cm³/mol. The maximum atomic E-state index is 5.86. The third kappa shape index (κ3) is 4.34. The molecule has 3 nitrogen and oxygen atoms in total. The van der Waals surface area contributed by atoms with Crippen LogP contribution in [0.2, 0.25) is 5.02 Å². The highest BCUT2D eigenvalue weighted by molar-refractivity contribution is 7.80. The molecule has 0 amide bonds. The lowest BCUT2D eigenvalue weighted by molar-refractivity contribution is 0.189. The smallest absolute Gasteiger partial charge is 0.169 e. The van der Waals surface area contributed by atoms with Crippen LogP contribution in [0.15, 0.2) is 24.3 Å². The third-order valence-corrected chi connectivity index (χ3v) is 4.12. The normalized spacial score (nSPS) is 16.4. The molecule has 0 atom stereocenters. The molecule has 1 aromatic carbocycles. The Bertz CT molecular complexity index is 413. The van der Waals surface area contributed by atoms with Crippen LogP contribution in [0.5, 0.6) is 0 Å². The molecule has 1 heterocycles. The van der Waals surface area contributed by atoms with Gasteiger partial charge in [0, 0.05) is 37.7 Å². The first-order chi connectivity index (χ1) is 9.19. The first-order valence-electron chi connectivity index (χ1n) is 6.68. The van der Waals surface area contributed by atoms with Crippen LogP contribution in [0.4, 0.5) is 0 Å². The van der Waals surface area contributed by atoms with E-state index < -0.39 is 0 Å². The number of thiocarbonyl (C=S) groups is 1. The Hall–Kier alpha value is -0.840. The van der Waals surface area contributed by atoms with Crippen molar-refractivity contribution in [3.05, 3.63) is 34.9 Å². The number of likely N-dealkylation sites (N-methyl/N-ethyl adjacent to an activating group) is 1. The Kier molecular flexibility index (Phi) is 5.43. The van der Waals surface area contributed by atoms with E-state index in [0.29, 0.717) is 0 Å². The SMILES string of the molecule is CCN1CCN(C(=S)NCc2ccc(Cl)cc2)CC1. The zero-order chi connectivity index (χ0) is 13.7. The van der Waals surface area contributed by atoms with Gasteiger partial charge in [-0.2, -0.15) is 0 Å². The van der Waals surface area contributed by atoms with Gasteiger partial charge in [-0.15, -0.1) is 0 Å². The maximum absolute atomic E-state index is 5.86. The van der Waals surface area contributed by atoms with Crippen LogP contribution in [0.25, 0.3) is 0 Å². The number of hydrogen-bond acceptors (Lipinski definition) is 2. The van der Waals surface area contributed by atoms with Crippen molar-refractivity contribution >= 4 is 28.9 Å². The summed E-state index contributed by atoms with van der Waals surface area (Å²) in [4.78, 5) is 4.69. The van der Waals surface area contributed by atoms with Crippen molar-refractivity contribution in [3.63, 3.8) is 0 Å². The Balaban J connectivity index is 1.77. The van der Waals surface area contributed by atoms with Crippen LogP contribution in [0.3, 0.4) is 0 Å². The second kappa shape index (κ2) is 7.08. The minimum Gasteiger partial charge on any atom is -0.358 e. The Morgan fingerprint density at radius 2 is 1.84 bits per heavy atom. The molecule has 0 unspecified atom stereocenters. The van der Waals surface area contributed by atoms with Crippen LogP contribution in [-0.4, -0.2) is 47.6 Å². The monoisotopic (exact) mass is 297 g/mol. The van der Waals surface area contributed by atoms with Gasteiger partial charge < -0.3 is 15.1 Å². The number of benzene rings is 1. The van der Waals surface area contributed by atoms with Crippen LogP contribution < -0.4 is 5.32 Å². The summed E-state index contributed by atoms with van der Waals surface area (Å²) in [6.07, 6.45) is 0. The van der Waals surface area contributed by atoms with E-state index in [1.54, 1.807) is 0 Å². The van der Waals surface area contributed by atoms with Gasteiger partial charge in [0.15, 0.2) is 5.11 Å². The Morgan fingerprint density at radius 1 is 1.21 bits per heavy atom. The van der Waals surface area contributed by atoms with Crippen molar-refractivity contribution in [1.82, 2.24) is 15.1 Å². The number of hydrogen-bond donors (Lipinski definition) is 1. The number of nitrogens with one attached hydrogen (secondary N) is 1. The molecule has 1 aliphatic heterocycles. The number of nitrogens with zero attached hydrogens (tertiary/aromatic N) is 2. The summed E-state index contributed by atoms with van der Waals surface area (Å²) < 4.78 is 0. The molecule has 1 N–H and O–H groups in total. The summed E-state index contributed by atoms with van der Waals surface area (Å²) in [5.74, 6) is 0.